The van der Waals surface area contributed by atoms with Crippen molar-refractivity contribution in [3.8, 4) is 0 Å². The summed E-state index contributed by atoms with van der Waals surface area (Å²) in [5.41, 5.74) is 2.92. The summed E-state index contributed by atoms with van der Waals surface area (Å²) in [5.74, 6) is 0.529. The van der Waals surface area contributed by atoms with Crippen LogP contribution in [0.5, 0.6) is 0 Å². The Bertz CT molecular complexity index is 431. The van der Waals surface area contributed by atoms with Crippen LogP contribution in [0.2, 0.25) is 0 Å². The summed E-state index contributed by atoms with van der Waals surface area (Å²) in [6, 6.07) is 9.45. The van der Waals surface area contributed by atoms with Crippen molar-refractivity contribution in [3.63, 3.8) is 0 Å². The van der Waals surface area contributed by atoms with Crippen LogP contribution in [0.3, 0.4) is 0 Å². The molecule has 0 bridgehead atoms. The molecule has 1 aromatic rings. The number of aryl methyl sites for hydroxylation is 1. The van der Waals surface area contributed by atoms with Gasteiger partial charge in [0.15, 0.2) is 0 Å². The molecule has 1 saturated carbocycles. The monoisotopic (exact) mass is 259 g/mol. The van der Waals surface area contributed by atoms with Crippen LogP contribution < -0.4 is 4.90 Å². The fourth-order valence-corrected chi connectivity index (χ4v) is 3.76. The average Bonchev–Trinajstić information content (AvgIpc) is 2.83. The van der Waals surface area contributed by atoms with Crippen molar-refractivity contribution in [3.05, 3.63) is 29.8 Å². The summed E-state index contributed by atoms with van der Waals surface area (Å²) in [6.45, 7) is 3.43. The quantitative estimate of drug-likeness (QED) is 0.899. The molecule has 1 heterocycles. The van der Waals surface area contributed by atoms with Crippen LogP contribution in [0, 0.1) is 5.92 Å². The predicted molar refractivity (Wildman–Crippen MR) is 79.5 cm³/mol. The molecule has 3 atom stereocenters. The zero-order chi connectivity index (χ0) is 13.2. The molecule has 1 fully saturated rings. The van der Waals surface area contributed by atoms with Crippen molar-refractivity contribution in [2.75, 3.05) is 11.4 Å². The number of hydrogen-bond acceptors (Lipinski definition) is 2. The van der Waals surface area contributed by atoms with Gasteiger partial charge >= 0.3 is 0 Å². The van der Waals surface area contributed by atoms with E-state index in [2.05, 4.69) is 36.1 Å². The molecule has 2 aliphatic rings. The van der Waals surface area contributed by atoms with E-state index in [1.807, 2.05) is 0 Å². The topological polar surface area (TPSA) is 23.5 Å². The first-order chi connectivity index (χ1) is 9.25. The molecule has 19 heavy (non-hydrogen) atoms. The number of aliphatic hydroxyl groups is 1. The van der Waals surface area contributed by atoms with Gasteiger partial charge in [-0.3, -0.25) is 0 Å². The van der Waals surface area contributed by atoms with E-state index < -0.39 is 0 Å². The number of rotatable bonds is 3. The van der Waals surface area contributed by atoms with Crippen LogP contribution in [0.25, 0.3) is 0 Å². The van der Waals surface area contributed by atoms with Gasteiger partial charge in [-0.1, -0.05) is 24.6 Å². The minimum absolute atomic E-state index is 0.0460. The normalized spacial score (nSPS) is 30.4. The van der Waals surface area contributed by atoms with Crippen molar-refractivity contribution < 1.29 is 5.11 Å². The van der Waals surface area contributed by atoms with Crippen LogP contribution in [-0.4, -0.2) is 23.8 Å². The molecular formula is C17H25NO. The number of nitrogens with zero attached hydrogens (tertiary/aromatic N) is 1. The molecule has 3 rings (SSSR count). The third-order valence-electron chi connectivity index (χ3n) is 5.02. The van der Waals surface area contributed by atoms with E-state index in [4.69, 9.17) is 0 Å². The fraction of sp³-hybridized carbons (Fsp3) is 0.647. The summed E-state index contributed by atoms with van der Waals surface area (Å²) < 4.78 is 0. The highest BCUT2D eigenvalue weighted by molar-refractivity contribution is 5.56. The van der Waals surface area contributed by atoms with E-state index >= 15 is 0 Å². The molecule has 104 valence electrons. The average molecular weight is 259 g/mol. The molecule has 1 aromatic carbocycles. The van der Waals surface area contributed by atoms with E-state index in [1.165, 1.54) is 36.9 Å². The Balaban J connectivity index is 1.69. The third kappa shape index (κ3) is 2.64. The number of aliphatic hydroxyl groups excluding tert-OH is 1. The highest BCUT2D eigenvalue weighted by Crippen LogP contribution is 2.33. The van der Waals surface area contributed by atoms with Gasteiger partial charge in [-0.05, 0) is 56.6 Å². The van der Waals surface area contributed by atoms with Gasteiger partial charge in [0.1, 0.15) is 0 Å². The molecule has 2 nitrogen and oxygen atoms in total. The molecule has 3 unspecified atom stereocenters. The maximum atomic E-state index is 9.96. The largest absolute Gasteiger partial charge is 0.393 e. The number of para-hydroxylation sites is 1. The predicted octanol–water partition coefficient (Wildman–Crippen LogP) is 3.38. The minimum Gasteiger partial charge on any atom is -0.393 e. The Hall–Kier alpha value is -1.02. The molecule has 0 spiro atoms. The van der Waals surface area contributed by atoms with Gasteiger partial charge in [0.2, 0.25) is 0 Å². The van der Waals surface area contributed by atoms with Crippen LogP contribution in [0.4, 0.5) is 5.69 Å². The fourth-order valence-electron chi connectivity index (χ4n) is 3.76. The molecule has 1 aliphatic heterocycles. The molecule has 0 amide bonds. The summed E-state index contributed by atoms with van der Waals surface area (Å²) in [7, 11) is 0. The zero-order valence-electron chi connectivity index (χ0n) is 11.9. The Kier molecular flexibility index (Phi) is 3.79. The smallest absolute Gasteiger partial charge is 0.0569 e. The van der Waals surface area contributed by atoms with E-state index in [9.17, 15) is 5.11 Å². The SMILES string of the molecule is CC1CCc2ccccc2N1CCC1CCCC1O. The first kappa shape index (κ1) is 13.0. The van der Waals surface area contributed by atoms with Crippen molar-refractivity contribution in [2.45, 2.75) is 57.6 Å². The Morgan fingerprint density at radius 1 is 1.21 bits per heavy atom. The van der Waals surface area contributed by atoms with Crippen LogP contribution in [-0.2, 0) is 6.42 Å². The first-order valence-electron chi connectivity index (χ1n) is 7.78. The Morgan fingerprint density at radius 3 is 2.84 bits per heavy atom. The number of fused-ring (bicyclic) bond motifs is 1. The highest BCUT2D eigenvalue weighted by Gasteiger charge is 2.28. The third-order valence-corrected chi connectivity index (χ3v) is 5.02. The van der Waals surface area contributed by atoms with Crippen LogP contribution >= 0.6 is 0 Å². The summed E-state index contributed by atoms with van der Waals surface area (Å²) in [5, 5.41) is 9.96. The lowest BCUT2D eigenvalue weighted by atomic mass is 9.94. The van der Waals surface area contributed by atoms with E-state index in [-0.39, 0.29) is 6.10 Å². The van der Waals surface area contributed by atoms with E-state index in [1.54, 1.807) is 0 Å². The van der Waals surface area contributed by atoms with Crippen molar-refractivity contribution in [1.29, 1.82) is 0 Å². The highest BCUT2D eigenvalue weighted by atomic mass is 16.3. The van der Waals surface area contributed by atoms with E-state index in [0.717, 1.165) is 19.4 Å². The second-order valence-corrected chi connectivity index (χ2v) is 6.26. The van der Waals surface area contributed by atoms with Gasteiger partial charge in [0.25, 0.3) is 0 Å². The molecule has 0 radical (unpaired) electrons. The lowest BCUT2D eigenvalue weighted by Gasteiger charge is -2.38. The summed E-state index contributed by atoms with van der Waals surface area (Å²) in [6.07, 6.45) is 6.99. The van der Waals surface area contributed by atoms with Crippen molar-refractivity contribution in [1.82, 2.24) is 0 Å². The van der Waals surface area contributed by atoms with Crippen LogP contribution in [0.15, 0.2) is 24.3 Å². The van der Waals surface area contributed by atoms with Crippen molar-refractivity contribution >= 4 is 5.69 Å². The van der Waals surface area contributed by atoms with Crippen molar-refractivity contribution in [2.24, 2.45) is 5.92 Å². The first-order valence-corrected chi connectivity index (χ1v) is 7.78. The van der Waals surface area contributed by atoms with Gasteiger partial charge in [-0.2, -0.15) is 0 Å². The zero-order valence-corrected chi connectivity index (χ0v) is 11.9. The van der Waals surface area contributed by atoms with Gasteiger partial charge in [0, 0.05) is 18.3 Å². The summed E-state index contributed by atoms with van der Waals surface area (Å²) in [4.78, 5) is 2.56. The maximum absolute atomic E-state index is 9.96. The molecular weight excluding hydrogens is 234 g/mol. The minimum atomic E-state index is -0.0460. The Labute approximate surface area is 116 Å². The van der Waals surface area contributed by atoms with Gasteiger partial charge < -0.3 is 10.0 Å². The van der Waals surface area contributed by atoms with Gasteiger partial charge in [-0.25, -0.2) is 0 Å². The van der Waals surface area contributed by atoms with E-state index in [0.29, 0.717) is 12.0 Å². The number of benzene rings is 1. The van der Waals surface area contributed by atoms with Crippen LogP contribution in [0.1, 0.15) is 44.6 Å². The number of anilines is 1. The lowest BCUT2D eigenvalue weighted by Crippen LogP contribution is -2.39. The maximum Gasteiger partial charge on any atom is 0.0569 e. The molecule has 0 aromatic heterocycles. The molecule has 0 saturated heterocycles. The second-order valence-electron chi connectivity index (χ2n) is 6.26. The van der Waals surface area contributed by atoms with Gasteiger partial charge in [0.05, 0.1) is 6.10 Å². The number of hydrogen-bond donors (Lipinski definition) is 1. The molecule has 2 heteroatoms. The second kappa shape index (κ2) is 5.54. The standard InChI is InChI=1S/C17H25NO/c1-13-9-10-14-5-2-3-7-16(14)18(13)12-11-15-6-4-8-17(15)19/h2-3,5,7,13,15,17,19H,4,6,8-12H2,1H3. The molecule has 1 N–H and O–H groups in total. The molecule has 1 aliphatic carbocycles. The summed E-state index contributed by atoms with van der Waals surface area (Å²) >= 11 is 0. The lowest BCUT2D eigenvalue weighted by molar-refractivity contribution is 0.128. The Morgan fingerprint density at radius 2 is 2.05 bits per heavy atom. The van der Waals surface area contributed by atoms with Gasteiger partial charge in [-0.15, -0.1) is 0 Å².